The number of nitrogen functional groups attached to an aromatic ring is 1. The van der Waals surface area contributed by atoms with E-state index in [1.165, 1.54) is 0 Å². The summed E-state index contributed by atoms with van der Waals surface area (Å²) in [6, 6.07) is 15.7. The van der Waals surface area contributed by atoms with Crippen molar-refractivity contribution in [2.75, 3.05) is 17.6 Å². The highest BCUT2D eigenvalue weighted by Crippen LogP contribution is 2.38. The molecule has 0 fully saturated rings. The van der Waals surface area contributed by atoms with E-state index in [1.807, 2.05) is 43.3 Å². The first-order chi connectivity index (χ1) is 15.0. The zero-order chi connectivity index (χ0) is 21.8. The SMILES string of the molecule is Cc1ccc2c(NCC[C@@H](C)O)cccc2c1Oc1ncccc1-c1ccnc(N)n1. The summed E-state index contributed by atoms with van der Waals surface area (Å²) in [6.07, 6.45) is 3.63. The summed E-state index contributed by atoms with van der Waals surface area (Å²) in [6.45, 7) is 4.48. The highest BCUT2D eigenvalue weighted by molar-refractivity contribution is 5.98. The van der Waals surface area contributed by atoms with E-state index in [-0.39, 0.29) is 12.1 Å². The number of hydrogen-bond acceptors (Lipinski definition) is 7. The van der Waals surface area contributed by atoms with Crippen LogP contribution in [0.5, 0.6) is 11.6 Å². The predicted octanol–water partition coefficient (Wildman–Crippen LogP) is 4.56. The van der Waals surface area contributed by atoms with E-state index >= 15 is 0 Å². The van der Waals surface area contributed by atoms with Crippen molar-refractivity contribution < 1.29 is 9.84 Å². The number of aliphatic hydroxyl groups excluding tert-OH is 1. The van der Waals surface area contributed by atoms with Crippen LogP contribution in [0.25, 0.3) is 22.0 Å². The number of pyridine rings is 1. The van der Waals surface area contributed by atoms with Gasteiger partial charge >= 0.3 is 0 Å². The molecule has 2 heterocycles. The van der Waals surface area contributed by atoms with E-state index in [4.69, 9.17) is 10.5 Å². The van der Waals surface area contributed by atoms with Crippen LogP contribution in [0.1, 0.15) is 18.9 Å². The third-order valence-corrected chi connectivity index (χ3v) is 5.01. The number of nitrogens with one attached hydrogen (secondary N) is 1. The molecule has 0 spiro atoms. The molecule has 0 bridgehead atoms. The lowest BCUT2D eigenvalue weighted by molar-refractivity contribution is 0.189. The molecule has 0 unspecified atom stereocenters. The molecule has 31 heavy (non-hydrogen) atoms. The van der Waals surface area contributed by atoms with Crippen molar-refractivity contribution in [1.82, 2.24) is 15.0 Å². The number of benzene rings is 2. The fourth-order valence-corrected chi connectivity index (χ4v) is 3.43. The fourth-order valence-electron chi connectivity index (χ4n) is 3.43. The van der Waals surface area contributed by atoms with Crippen LogP contribution in [-0.4, -0.2) is 32.7 Å². The Balaban J connectivity index is 1.74. The maximum Gasteiger partial charge on any atom is 0.228 e. The monoisotopic (exact) mass is 415 g/mol. The molecule has 0 aliphatic carbocycles. The summed E-state index contributed by atoms with van der Waals surface area (Å²) in [4.78, 5) is 12.7. The first kappa shape index (κ1) is 20.6. The predicted molar refractivity (Wildman–Crippen MR) is 123 cm³/mol. The molecule has 4 N–H and O–H groups in total. The van der Waals surface area contributed by atoms with Crippen molar-refractivity contribution in [1.29, 1.82) is 0 Å². The second-order valence-electron chi connectivity index (χ2n) is 7.44. The molecule has 0 aliphatic heterocycles. The van der Waals surface area contributed by atoms with Crippen molar-refractivity contribution in [3.8, 4) is 22.9 Å². The lowest BCUT2D eigenvalue weighted by Crippen LogP contribution is -2.09. The Hall–Kier alpha value is -3.71. The van der Waals surface area contributed by atoms with Crippen LogP contribution >= 0.6 is 0 Å². The third-order valence-electron chi connectivity index (χ3n) is 5.01. The largest absolute Gasteiger partial charge is 0.437 e. The van der Waals surface area contributed by atoms with Crippen LogP contribution in [-0.2, 0) is 0 Å². The van der Waals surface area contributed by atoms with Gasteiger partial charge in [-0.05, 0) is 50.1 Å². The molecular formula is C24H25N5O2. The minimum Gasteiger partial charge on any atom is -0.437 e. The molecule has 7 heteroatoms. The first-order valence-corrected chi connectivity index (χ1v) is 10.2. The molecule has 0 radical (unpaired) electrons. The molecule has 0 saturated heterocycles. The van der Waals surface area contributed by atoms with Crippen molar-refractivity contribution in [3.05, 3.63) is 66.5 Å². The third kappa shape index (κ3) is 4.57. The van der Waals surface area contributed by atoms with Crippen LogP contribution in [0.2, 0.25) is 0 Å². The maximum atomic E-state index is 9.54. The highest BCUT2D eigenvalue weighted by atomic mass is 16.5. The number of aliphatic hydroxyl groups is 1. The number of ether oxygens (including phenoxy) is 1. The molecular weight excluding hydrogens is 390 g/mol. The van der Waals surface area contributed by atoms with Gasteiger partial charge in [-0.3, -0.25) is 0 Å². The number of fused-ring (bicyclic) bond motifs is 1. The van der Waals surface area contributed by atoms with Gasteiger partial charge in [0.05, 0.1) is 17.4 Å². The Kier molecular flexibility index (Phi) is 5.95. The lowest BCUT2D eigenvalue weighted by Gasteiger charge is -2.16. The molecule has 4 rings (SSSR count). The Morgan fingerprint density at radius 3 is 2.71 bits per heavy atom. The lowest BCUT2D eigenvalue weighted by atomic mass is 10.0. The number of rotatable bonds is 7. The maximum absolute atomic E-state index is 9.54. The summed E-state index contributed by atoms with van der Waals surface area (Å²) < 4.78 is 6.37. The minimum atomic E-state index is -0.345. The normalized spacial score (nSPS) is 12.0. The van der Waals surface area contributed by atoms with Crippen molar-refractivity contribution in [2.45, 2.75) is 26.4 Å². The van der Waals surface area contributed by atoms with E-state index < -0.39 is 0 Å². The molecule has 0 amide bonds. The second-order valence-corrected chi connectivity index (χ2v) is 7.44. The van der Waals surface area contributed by atoms with E-state index in [9.17, 15) is 5.11 Å². The number of hydrogen-bond donors (Lipinski definition) is 3. The Bertz CT molecular complexity index is 1210. The summed E-state index contributed by atoms with van der Waals surface area (Å²) in [5.41, 5.74) is 9.14. The van der Waals surface area contributed by atoms with E-state index in [0.29, 0.717) is 24.5 Å². The van der Waals surface area contributed by atoms with Crippen LogP contribution in [0.15, 0.2) is 60.9 Å². The van der Waals surface area contributed by atoms with Crippen LogP contribution < -0.4 is 15.8 Å². The van der Waals surface area contributed by atoms with Gasteiger partial charge in [-0.1, -0.05) is 24.3 Å². The molecule has 2 aromatic carbocycles. The molecule has 158 valence electrons. The molecule has 0 aliphatic rings. The standard InChI is InChI=1S/C24H25N5O2/c1-15-8-9-17-18(5-3-7-20(17)26-13-10-16(2)30)22(15)31-23-19(6-4-12-27-23)21-11-14-28-24(25)29-21/h3-9,11-12,14,16,26,30H,10,13H2,1-2H3,(H2,25,28,29)/t16-/m1/s1. The molecule has 0 saturated carbocycles. The molecule has 1 atom stereocenters. The van der Waals surface area contributed by atoms with Gasteiger partial charge in [0.1, 0.15) is 5.75 Å². The summed E-state index contributed by atoms with van der Waals surface area (Å²) in [5, 5.41) is 15.0. The van der Waals surface area contributed by atoms with Crippen LogP contribution in [0, 0.1) is 6.92 Å². The van der Waals surface area contributed by atoms with Crippen molar-refractivity contribution in [3.63, 3.8) is 0 Å². The van der Waals surface area contributed by atoms with Gasteiger partial charge in [0.2, 0.25) is 11.8 Å². The number of nitrogens with zero attached hydrogens (tertiary/aromatic N) is 3. The topological polar surface area (TPSA) is 106 Å². The smallest absolute Gasteiger partial charge is 0.228 e. The van der Waals surface area contributed by atoms with Crippen molar-refractivity contribution in [2.24, 2.45) is 0 Å². The van der Waals surface area contributed by atoms with Gasteiger partial charge in [-0.25, -0.2) is 15.0 Å². The Labute approximate surface area is 181 Å². The zero-order valence-corrected chi connectivity index (χ0v) is 17.5. The zero-order valence-electron chi connectivity index (χ0n) is 17.5. The van der Waals surface area contributed by atoms with Crippen LogP contribution in [0.4, 0.5) is 11.6 Å². The number of aromatic nitrogens is 3. The Morgan fingerprint density at radius 1 is 1.03 bits per heavy atom. The number of aryl methyl sites for hydroxylation is 1. The number of anilines is 2. The summed E-state index contributed by atoms with van der Waals surface area (Å²) >= 11 is 0. The van der Waals surface area contributed by atoms with Gasteiger partial charge in [0, 0.05) is 35.4 Å². The molecule has 2 aromatic heterocycles. The Morgan fingerprint density at radius 2 is 1.90 bits per heavy atom. The van der Waals surface area contributed by atoms with E-state index in [1.54, 1.807) is 25.4 Å². The molecule has 4 aromatic rings. The second kappa shape index (κ2) is 8.97. The van der Waals surface area contributed by atoms with Gasteiger partial charge in [-0.2, -0.15) is 0 Å². The average molecular weight is 415 g/mol. The summed E-state index contributed by atoms with van der Waals surface area (Å²) in [7, 11) is 0. The quantitative estimate of drug-likeness (QED) is 0.406. The van der Waals surface area contributed by atoms with Gasteiger partial charge in [0.15, 0.2) is 0 Å². The summed E-state index contributed by atoms with van der Waals surface area (Å²) in [5.74, 6) is 1.38. The van der Waals surface area contributed by atoms with Crippen LogP contribution in [0.3, 0.4) is 0 Å². The first-order valence-electron chi connectivity index (χ1n) is 10.2. The van der Waals surface area contributed by atoms with E-state index in [2.05, 4.69) is 26.3 Å². The van der Waals surface area contributed by atoms with Gasteiger partial charge < -0.3 is 20.9 Å². The van der Waals surface area contributed by atoms with E-state index in [0.717, 1.165) is 33.3 Å². The van der Waals surface area contributed by atoms with Gasteiger partial charge in [-0.15, -0.1) is 0 Å². The fraction of sp³-hybridized carbons (Fsp3) is 0.208. The van der Waals surface area contributed by atoms with Gasteiger partial charge in [0.25, 0.3) is 0 Å². The van der Waals surface area contributed by atoms with Crippen molar-refractivity contribution >= 4 is 22.4 Å². The minimum absolute atomic E-state index is 0.196. The highest BCUT2D eigenvalue weighted by Gasteiger charge is 2.15. The number of nitrogens with two attached hydrogens (primary N) is 1. The average Bonchev–Trinajstić information content (AvgIpc) is 2.76. The molecule has 7 nitrogen and oxygen atoms in total.